The van der Waals surface area contributed by atoms with Gasteiger partial charge in [0, 0.05) is 11.5 Å². The molecule has 2 aromatic rings. The van der Waals surface area contributed by atoms with E-state index in [1.54, 1.807) is 0 Å². The van der Waals surface area contributed by atoms with Crippen molar-refractivity contribution in [3.63, 3.8) is 0 Å². The van der Waals surface area contributed by atoms with Gasteiger partial charge in [0.05, 0.1) is 7.05 Å². The van der Waals surface area contributed by atoms with Crippen LogP contribution in [0.25, 0.3) is 10.8 Å². The molecule has 0 saturated heterocycles. The predicted octanol–water partition coefficient (Wildman–Crippen LogP) is 1.61. The van der Waals surface area contributed by atoms with Gasteiger partial charge in [-0.25, -0.2) is 0 Å². The topological polar surface area (TPSA) is 15.9 Å². The number of hydrogen-bond donors (Lipinski definition) is 1. The molecule has 0 fully saturated rings. The Bertz CT molecular complexity index is 435. The minimum Gasteiger partial charge on any atom is -0.196 e. The molecule has 2 nitrogen and oxygen atoms in total. The van der Waals surface area contributed by atoms with Gasteiger partial charge in [-0.1, -0.05) is 16.8 Å². The molecule has 1 aromatic heterocycles. The fraction of sp³-hybridized carbons (Fsp3) is 0.182. The van der Waals surface area contributed by atoms with Crippen molar-refractivity contribution in [3.05, 3.63) is 42.2 Å². The van der Waals surface area contributed by atoms with Crippen LogP contribution in [0, 0.1) is 6.92 Å². The third-order valence-corrected chi connectivity index (χ3v) is 2.30. The first-order valence-corrected chi connectivity index (χ1v) is 4.39. The molecule has 1 heterocycles. The van der Waals surface area contributed by atoms with Crippen LogP contribution in [0.2, 0.25) is 0 Å². The lowest BCUT2D eigenvalue weighted by Gasteiger charge is -1.99. The SMILES string of the molecule is CN[n+]1ccc2c(C)cccc2c1. The van der Waals surface area contributed by atoms with Crippen molar-refractivity contribution >= 4 is 10.8 Å². The lowest BCUT2D eigenvalue weighted by molar-refractivity contribution is -0.646. The molecule has 0 aliphatic rings. The number of hydrogen-bond acceptors (Lipinski definition) is 1. The van der Waals surface area contributed by atoms with Gasteiger partial charge in [-0.3, -0.25) is 0 Å². The normalized spacial score (nSPS) is 10.3. The van der Waals surface area contributed by atoms with Gasteiger partial charge in [0.25, 0.3) is 0 Å². The molecule has 1 aromatic carbocycles. The van der Waals surface area contributed by atoms with Crippen LogP contribution >= 0.6 is 0 Å². The average molecular weight is 173 g/mol. The standard InChI is InChI=1S/C11H13N2/c1-9-4-3-5-10-8-13(12-2)7-6-11(9)10/h3-8,12H,1-2H3/q+1. The largest absolute Gasteiger partial charge is 0.207 e. The number of aryl methyl sites for hydroxylation is 1. The van der Waals surface area contributed by atoms with Crippen molar-refractivity contribution in [1.82, 2.24) is 0 Å². The molecule has 2 rings (SSSR count). The summed E-state index contributed by atoms with van der Waals surface area (Å²) in [5, 5.41) is 2.57. The van der Waals surface area contributed by atoms with E-state index in [4.69, 9.17) is 0 Å². The van der Waals surface area contributed by atoms with E-state index in [0.717, 1.165) is 0 Å². The van der Waals surface area contributed by atoms with Crippen LogP contribution in [0.15, 0.2) is 36.7 Å². The van der Waals surface area contributed by atoms with Gasteiger partial charge in [-0.15, -0.1) is 0 Å². The van der Waals surface area contributed by atoms with Crippen molar-refractivity contribution in [3.8, 4) is 0 Å². The van der Waals surface area contributed by atoms with Crippen molar-refractivity contribution in [2.45, 2.75) is 6.92 Å². The molecule has 0 atom stereocenters. The van der Waals surface area contributed by atoms with Crippen LogP contribution < -0.4 is 10.1 Å². The van der Waals surface area contributed by atoms with Gasteiger partial charge in [0.2, 0.25) is 6.20 Å². The van der Waals surface area contributed by atoms with Crippen molar-refractivity contribution in [2.24, 2.45) is 0 Å². The van der Waals surface area contributed by atoms with Crippen LogP contribution in [-0.2, 0) is 0 Å². The Kier molecular flexibility index (Phi) is 1.89. The molecule has 66 valence electrons. The van der Waals surface area contributed by atoms with Crippen LogP contribution in [0.3, 0.4) is 0 Å². The fourth-order valence-corrected chi connectivity index (χ4v) is 1.53. The third kappa shape index (κ3) is 1.35. The number of benzene rings is 1. The summed E-state index contributed by atoms with van der Waals surface area (Å²) in [4.78, 5) is 0. The summed E-state index contributed by atoms with van der Waals surface area (Å²) in [6, 6.07) is 8.46. The van der Waals surface area contributed by atoms with Gasteiger partial charge < -0.3 is 0 Å². The van der Waals surface area contributed by atoms with E-state index >= 15 is 0 Å². The van der Waals surface area contributed by atoms with Crippen LogP contribution in [0.5, 0.6) is 0 Å². The molecule has 0 radical (unpaired) electrons. The molecular weight excluding hydrogens is 160 g/mol. The van der Waals surface area contributed by atoms with E-state index in [0.29, 0.717) is 0 Å². The summed E-state index contributed by atoms with van der Waals surface area (Å²) < 4.78 is 1.95. The number of rotatable bonds is 1. The van der Waals surface area contributed by atoms with E-state index in [2.05, 4.69) is 42.8 Å². The second-order valence-corrected chi connectivity index (χ2v) is 3.15. The summed E-state index contributed by atoms with van der Waals surface area (Å²) in [6.45, 7) is 2.13. The zero-order chi connectivity index (χ0) is 9.26. The highest BCUT2D eigenvalue weighted by molar-refractivity contribution is 5.83. The number of pyridine rings is 1. The zero-order valence-electron chi connectivity index (χ0n) is 7.91. The third-order valence-electron chi connectivity index (χ3n) is 2.30. The minimum absolute atomic E-state index is 1.26. The Balaban J connectivity index is 2.72. The number of nitrogens with zero attached hydrogens (tertiary/aromatic N) is 1. The smallest absolute Gasteiger partial charge is 0.196 e. The number of fused-ring (bicyclic) bond motifs is 1. The molecule has 13 heavy (non-hydrogen) atoms. The summed E-state index contributed by atoms with van der Waals surface area (Å²) in [5.41, 5.74) is 4.38. The van der Waals surface area contributed by atoms with Gasteiger partial charge in [0.1, 0.15) is 0 Å². The molecule has 0 aliphatic heterocycles. The van der Waals surface area contributed by atoms with Crippen molar-refractivity contribution < 1.29 is 4.68 Å². The highest BCUT2D eigenvalue weighted by Crippen LogP contribution is 2.14. The second kappa shape index (κ2) is 3.05. The first kappa shape index (κ1) is 8.05. The van der Waals surface area contributed by atoms with E-state index < -0.39 is 0 Å². The van der Waals surface area contributed by atoms with Gasteiger partial charge in [0.15, 0.2) is 6.20 Å². The number of aromatic nitrogens is 1. The zero-order valence-corrected chi connectivity index (χ0v) is 7.91. The Morgan fingerprint density at radius 1 is 1.23 bits per heavy atom. The van der Waals surface area contributed by atoms with Gasteiger partial charge in [-0.05, 0) is 23.9 Å². The number of nitrogens with one attached hydrogen (secondary N) is 1. The molecule has 0 saturated carbocycles. The van der Waals surface area contributed by atoms with Gasteiger partial charge in [-0.2, -0.15) is 5.43 Å². The first-order valence-electron chi connectivity index (χ1n) is 4.39. The highest BCUT2D eigenvalue weighted by atomic mass is 15.4. The molecule has 0 spiro atoms. The van der Waals surface area contributed by atoms with E-state index in [1.807, 2.05) is 17.9 Å². The second-order valence-electron chi connectivity index (χ2n) is 3.15. The summed E-state index contributed by atoms with van der Waals surface area (Å²) >= 11 is 0. The Labute approximate surface area is 77.8 Å². The lowest BCUT2D eigenvalue weighted by atomic mass is 10.1. The van der Waals surface area contributed by atoms with Crippen molar-refractivity contribution in [2.75, 3.05) is 12.5 Å². The predicted molar refractivity (Wildman–Crippen MR) is 54.2 cm³/mol. The minimum atomic E-state index is 1.26. The summed E-state index contributed by atoms with van der Waals surface area (Å²) in [5.74, 6) is 0. The van der Waals surface area contributed by atoms with Gasteiger partial charge >= 0.3 is 0 Å². The molecular formula is C11H13N2+. The maximum absolute atomic E-state index is 3.06. The Hall–Kier alpha value is -1.57. The average Bonchev–Trinajstić information content (AvgIpc) is 2.18. The summed E-state index contributed by atoms with van der Waals surface area (Å²) in [6.07, 6.45) is 4.11. The van der Waals surface area contributed by atoms with Crippen LogP contribution in [0.4, 0.5) is 0 Å². The highest BCUT2D eigenvalue weighted by Gasteiger charge is 2.01. The molecule has 0 unspecified atom stereocenters. The lowest BCUT2D eigenvalue weighted by Crippen LogP contribution is -2.41. The quantitative estimate of drug-likeness (QED) is 0.648. The maximum Gasteiger partial charge on any atom is 0.207 e. The molecule has 0 aliphatic carbocycles. The van der Waals surface area contributed by atoms with Crippen LogP contribution in [0.1, 0.15) is 5.56 Å². The van der Waals surface area contributed by atoms with Crippen molar-refractivity contribution in [1.29, 1.82) is 0 Å². The fourth-order valence-electron chi connectivity index (χ4n) is 1.53. The molecule has 2 heteroatoms. The first-order chi connectivity index (χ1) is 6.31. The van der Waals surface area contributed by atoms with E-state index in [-0.39, 0.29) is 0 Å². The van der Waals surface area contributed by atoms with E-state index in [9.17, 15) is 0 Å². The molecule has 0 amide bonds. The summed E-state index contributed by atoms with van der Waals surface area (Å²) in [7, 11) is 1.90. The Morgan fingerprint density at radius 2 is 2.08 bits per heavy atom. The van der Waals surface area contributed by atoms with Crippen LogP contribution in [-0.4, -0.2) is 7.05 Å². The monoisotopic (exact) mass is 173 g/mol. The van der Waals surface area contributed by atoms with E-state index in [1.165, 1.54) is 16.3 Å². The molecule has 1 N–H and O–H groups in total. The maximum atomic E-state index is 3.06. The Morgan fingerprint density at radius 3 is 2.85 bits per heavy atom. The molecule has 0 bridgehead atoms.